The zero-order valence-corrected chi connectivity index (χ0v) is 27.3. The molecule has 0 aliphatic heterocycles. The van der Waals surface area contributed by atoms with Crippen LogP contribution in [-0.4, -0.2) is 49.6 Å². The lowest BCUT2D eigenvalue weighted by Crippen LogP contribution is -2.65. The van der Waals surface area contributed by atoms with E-state index >= 15 is 4.39 Å². The number of alkyl halides is 4. The Morgan fingerprint density at radius 2 is 1.64 bits per heavy atom. The Morgan fingerprint density at radius 1 is 1.02 bits per heavy atom. The third kappa shape index (κ3) is 6.01. The summed E-state index contributed by atoms with van der Waals surface area (Å²) in [5, 5.41) is 24.8. The van der Waals surface area contributed by atoms with Gasteiger partial charge in [-0.2, -0.15) is 13.2 Å². The van der Waals surface area contributed by atoms with E-state index in [1.165, 1.54) is 0 Å². The Morgan fingerprint density at radius 3 is 2.27 bits per heavy atom. The molecule has 4 aliphatic carbocycles. The summed E-state index contributed by atoms with van der Waals surface area (Å²) in [5.41, 5.74) is -1.27. The minimum Gasteiger partial charge on any atom is -0.393 e. The maximum atomic E-state index is 15.6. The van der Waals surface area contributed by atoms with Crippen molar-refractivity contribution in [2.24, 2.45) is 52.3 Å². The van der Waals surface area contributed by atoms with Crippen LogP contribution in [0.3, 0.4) is 0 Å². The molecule has 0 heterocycles. The molecule has 12 atom stereocenters. The molecule has 0 spiro atoms. The second kappa shape index (κ2) is 12.3. The number of hydrogen-bond donors (Lipinski definition) is 4. The van der Waals surface area contributed by atoms with E-state index < -0.39 is 51.1 Å². The first kappa shape index (κ1) is 34.4. The summed E-state index contributed by atoms with van der Waals surface area (Å²) in [6.45, 7) is 8.90. The smallest absolute Gasteiger partial charge is 0.393 e. The van der Waals surface area contributed by atoms with E-state index in [2.05, 4.69) is 26.1 Å². The predicted octanol–water partition coefficient (Wildman–Crippen LogP) is 6.29. The molecule has 7 nitrogen and oxygen atoms in total. The Kier molecular flexibility index (Phi) is 9.38. The van der Waals surface area contributed by atoms with Crippen molar-refractivity contribution in [3.8, 4) is 0 Å². The van der Waals surface area contributed by atoms with Gasteiger partial charge in [0.2, 0.25) is 0 Å². The van der Waals surface area contributed by atoms with Gasteiger partial charge in [0.05, 0.1) is 22.7 Å². The Bertz CT molecular complexity index is 1340. The zero-order chi connectivity index (χ0) is 33.1. The molecule has 0 bridgehead atoms. The molecule has 0 radical (unpaired) electrons. The molecule has 2 amide bonds. The van der Waals surface area contributed by atoms with Crippen LogP contribution in [0.15, 0.2) is 29.2 Å². The van der Waals surface area contributed by atoms with Gasteiger partial charge in [0.1, 0.15) is 6.17 Å². The molecule has 1 aromatic carbocycles. The average molecular weight is 661 g/mol. The fourth-order valence-corrected chi connectivity index (χ4v) is 11.5. The Balaban J connectivity index is 1.21. The van der Waals surface area contributed by atoms with Crippen molar-refractivity contribution in [2.75, 3.05) is 6.54 Å². The van der Waals surface area contributed by atoms with E-state index in [0.29, 0.717) is 43.2 Å². The second-order valence-electron chi connectivity index (χ2n) is 14.8. The van der Waals surface area contributed by atoms with Crippen molar-refractivity contribution in [1.82, 2.24) is 10.0 Å². The van der Waals surface area contributed by atoms with Crippen LogP contribution in [0.4, 0.5) is 22.4 Å². The molecule has 45 heavy (non-hydrogen) atoms. The highest BCUT2D eigenvalue weighted by Gasteiger charge is 2.66. The quantitative estimate of drug-likeness (QED) is 0.257. The van der Waals surface area contributed by atoms with E-state index in [1.807, 2.05) is 11.6 Å². The molecule has 4 aliphatic rings. The van der Waals surface area contributed by atoms with E-state index in [9.17, 15) is 36.6 Å². The number of carbonyl (C=O) groups excluding carboxylic acids is 1. The number of aliphatic hydroxyl groups is 2. The highest BCUT2D eigenvalue weighted by Crippen LogP contribution is 2.69. The molecular formula is C33H48F4N2O5S. The molecular weight excluding hydrogens is 612 g/mol. The topological polar surface area (TPSA) is 116 Å². The van der Waals surface area contributed by atoms with Crippen molar-refractivity contribution >= 4 is 16.1 Å². The number of hydrogen-bond acceptors (Lipinski definition) is 5. The maximum Gasteiger partial charge on any atom is 0.416 e. The van der Waals surface area contributed by atoms with Crippen molar-refractivity contribution in [3.05, 3.63) is 29.8 Å². The lowest BCUT2D eigenvalue weighted by molar-refractivity contribution is -0.222. The fraction of sp³-hybridized carbons (Fsp3) is 0.788. The number of aliphatic hydroxyl groups excluding tert-OH is 2. The summed E-state index contributed by atoms with van der Waals surface area (Å²) in [7, 11) is -4.35. The molecule has 254 valence electrons. The summed E-state index contributed by atoms with van der Waals surface area (Å²) in [4.78, 5) is 12.0. The van der Waals surface area contributed by atoms with E-state index in [-0.39, 0.29) is 47.0 Å². The van der Waals surface area contributed by atoms with Crippen LogP contribution >= 0.6 is 0 Å². The number of sulfonamides is 1. The fourth-order valence-electron chi connectivity index (χ4n) is 10.6. The zero-order valence-electron chi connectivity index (χ0n) is 26.5. The normalized spacial score (nSPS) is 40.5. The first-order valence-corrected chi connectivity index (χ1v) is 17.9. The minimum atomic E-state index is -4.60. The highest BCUT2D eigenvalue weighted by molar-refractivity contribution is 7.90. The molecule has 0 saturated heterocycles. The molecule has 12 heteroatoms. The average Bonchev–Trinajstić information content (AvgIpc) is 3.32. The van der Waals surface area contributed by atoms with Crippen LogP contribution in [0.5, 0.6) is 0 Å². The first-order valence-electron chi connectivity index (χ1n) is 16.4. The van der Waals surface area contributed by atoms with Gasteiger partial charge in [-0.3, -0.25) is 0 Å². The summed E-state index contributed by atoms with van der Waals surface area (Å²) < 4.78 is 81.0. The van der Waals surface area contributed by atoms with Crippen LogP contribution in [0.1, 0.15) is 84.6 Å². The van der Waals surface area contributed by atoms with Crippen molar-refractivity contribution < 1.29 is 41.0 Å². The van der Waals surface area contributed by atoms with Gasteiger partial charge in [-0.05, 0) is 116 Å². The van der Waals surface area contributed by atoms with Crippen LogP contribution in [0.25, 0.3) is 0 Å². The summed E-state index contributed by atoms with van der Waals surface area (Å²) in [5.74, 6) is 0.577. The van der Waals surface area contributed by atoms with Crippen LogP contribution in [0.2, 0.25) is 0 Å². The van der Waals surface area contributed by atoms with Gasteiger partial charge in [-0.1, -0.05) is 34.1 Å². The summed E-state index contributed by atoms with van der Waals surface area (Å²) in [6.07, 6.45) is -1.16. The van der Waals surface area contributed by atoms with Gasteiger partial charge in [0.25, 0.3) is 10.0 Å². The molecule has 5 rings (SSSR count). The highest BCUT2D eigenvalue weighted by atomic mass is 32.2. The lowest BCUT2D eigenvalue weighted by atomic mass is 9.41. The van der Waals surface area contributed by atoms with Gasteiger partial charge in [-0.25, -0.2) is 22.3 Å². The number of carbonyl (C=O) groups is 1. The van der Waals surface area contributed by atoms with Crippen molar-refractivity contribution in [1.29, 1.82) is 0 Å². The molecule has 4 saturated carbocycles. The minimum absolute atomic E-state index is 0.0273. The van der Waals surface area contributed by atoms with Crippen molar-refractivity contribution in [3.63, 3.8) is 0 Å². The molecule has 0 aromatic heterocycles. The number of rotatable bonds is 7. The summed E-state index contributed by atoms with van der Waals surface area (Å²) in [6, 6.07) is 1.99. The Labute approximate surface area is 264 Å². The third-order valence-electron chi connectivity index (χ3n) is 12.8. The van der Waals surface area contributed by atoms with Crippen molar-refractivity contribution in [2.45, 2.75) is 109 Å². The number of benzene rings is 1. The molecule has 4 unspecified atom stereocenters. The Hall–Kier alpha value is -1.92. The molecule has 1 aromatic rings. The third-order valence-corrected chi connectivity index (χ3v) is 14.1. The monoisotopic (exact) mass is 660 g/mol. The molecule has 4 N–H and O–H groups in total. The number of urea groups is 1. The van der Waals surface area contributed by atoms with E-state index in [1.54, 1.807) is 0 Å². The van der Waals surface area contributed by atoms with Gasteiger partial charge < -0.3 is 15.5 Å². The van der Waals surface area contributed by atoms with Gasteiger partial charge in [0.15, 0.2) is 0 Å². The van der Waals surface area contributed by atoms with Crippen LogP contribution in [0, 0.1) is 52.3 Å². The number of nitrogens with one attached hydrogen (secondary N) is 2. The largest absolute Gasteiger partial charge is 0.416 e. The van der Waals surface area contributed by atoms with Gasteiger partial charge >= 0.3 is 12.2 Å². The predicted molar refractivity (Wildman–Crippen MR) is 161 cm³/mol. The van der Waals surface area contributed by atoms with Gasteiger partial charge in [-0.15, -0.1) is 0 Å². The van der Waals surface area contributed by atoms with Crippen LogP contribution < -0.4 is 10.0 Å². The maximum absolute atomic E-state index is 15.6. The molecule has 4 fully saturated rings. The number of amides is 2. The van der Waals surface area contributed by atoms with E-state index in [0.717, 1.165) is 44.2 Å². The lowest BCUT2D eigenvalue weighted by Gasteiger charge is -2.65. The van der Waals surface area contributed by atoms with Crippen LogP contribution in [-0.2, 0) is 16.2 Å². The number of halogens is 4. The standard InChI is InChI=1S/C33H48F4N2O5S/c1-5-21-27-28(34)25(40)13-16-32(27,4)24-12-15-31(3)22(10-11-23(31)26(24)29(21)41)18(2)14-17-38-30(42)39-45(43,44)20-8-6-19(7-9-20)33(35,36)37/h6-9,18,21-29,40-41H,5,10-17H2,1-4H3,(H2,38,39,42)/t18-,21-,22?,23?,24?,25-,26?,27-,28+,29-,31-,32-/m1/s1. The summed E-state index contributed by atoms with van der Waals surface area (Å²) >= 11 is 0. The SMILES string of the molecule is CC[C@@H]1[C@@H]2[C@@H](F)[C@H](O)CC[C@]2(C)C2CC[C@@]3(C)C(CCC3[C@H](C)CCNC(=O)NS(=O)(=O)c3ccc(C(F)(F)F)cc3)C2[C@@H]1O. The second-order valence-corrected chi connectivity index (χ2v) is 16.5. The number of fused-ring (bicyclic) bond motifs is 5. The van der Waals surface area contributed by atoms with E-state index in [4.69, 9.17) is 0 Å². The first-order chi connectivity index (χ1) is 21.0. The van der Waals surface area contributed by atoms with Gasteiger partial charge in [0, 0.05) is 12.5 Å².